The van der Waals surface area contributed by atoms with Crippen LogP contribution in [-0.2, 0) is 9.53 Å². The van der Waals surface area contributed by atoms with Crippen molar-refractivity contribution < 1.29 is 9.53 Å². The van der Waals surface area contributed by atoms with E-state index in [1.807, 2.05) is 11.8 Å². The highest BCUT2D eigenvalue weighted by Gasteiger charge is 2.34. The Bertz CT molecular complexity index is 728. The first-order chi connectivity index (χ1) is 11.9. The average molecular weight is 359 g/mol. The summed E-state index contributed by atoms with van der Waals surface area (Å²) in [5.41, 5.74) is 6.25. The number of carbonyl (C=O) groups is 1. The third-order valence-corrected chi connectivity index (χ3v) is 5.04. The van der Waals surface area contributed by atoms with E-state index in [4.69, 9.17) is 17.0 Å². The first kappa shape index (κ1) is 17.9. The molecule has 0 radical (unpaired) electrons. The lowest BCUT2D eigenvalue weighted by atomic mass is 9.87. The molecule has 1 aromatic rings. The molecule has 6 heteroatoms. The number of aryl methyl sites for hydroxylation is 3. The molecule has 2 N–H and O–H groups in total. The smallest absolute Gasteiger partial charge is 0.254 e. The number of hydrogen-bond acceptors (Lipinski definition) is 3. The van der Waals surface area contributed by atoms with E-state index in [-0.39, 0.29) is 11.9 Å². The zero-order valence-electron chi connectivity index (χ0n) is 15.2. The van der Waals surface area contributed by atoms with Gasteiger partial charge in [0.25, 0.3) is 5.91 Å². The summed E-state index contributed by atoms with van der Waals surface area (Å²) in [6, 6.07) is 4.08. The number of allylic oxidation sites excluding steroid dienone is 1. The number of benzene rings is 1. The number of thiocarbonyl (C=S) groups is 1. The van der Waals surface area contributed by atoms with Gasteiger partial charge in [-0.05, 0) is 56.6 Å². The van der Waals surface area contributed by atoms with Gasteiger partial charge in [-0.3, -0.25) is 4.79 Å². The van der Waals surface area contributed by atoms with Crippen molar-refractivity contribution in [2.24, 2.45) is 0 Å². The number of carbonyl (C=O) groups excluding carboxylic acids is 1. The average Bonchev–Trinajstić information content (AvgIpc) is 2.54. The minimum absolute atomic E-state index is 0.0488. The standard InChI is InChI=1S/C19H25N3O2S/c1-11-9-12(2)15(13(3)10-11)17-16(14(4)20-19(25)21-17)18(23)22-5-7-24-8-6-22/h9-10,17H,5-8H2,1-4H3,(H2,20,21,25)/t17-/m0/s1. The predicted molar refractivity (Wildman–Crippen MR) is 102 cm³/mol. The summed E-state index contributed by atoms with van der Waals surface area (Å²) in [7, 11) is 0. The van der Waals surface area contributed by atoms with Gasteiger partial charge in [0.05, 0.1) is 24.8 Å². The minimum Gasteiger partial charge on any atom is -0.378 e. The molecular weight excluding hydrogens is 334 g/mol. The maximum Gasteiger partial charge on any atom is 0.254 e. The number of ether oxygens (including phenoxy) is 1. The molecule has 1 saturated heterocycles. The molecule has 3 rings (SSSR count). The van der Waals surface area contributed by atoms with Crippen LogP contribution in [0.15, 0.2) is 23.4 Å². The summed E-state index contributed by atoms with van der Waals surface area (Å²) in [5, 5.41) is 6.99. The molecule has 25 heavy (non-hydrogen) atoms. The van der Waals surface area contributed by atoms with Gasteiger partial charge in [-0.1, -0.05) is 17.7 Å². The number of morpholine rings is 1. The lowest BCUT2D eigenvalue weighted by molar-refractivity contribution is -0.131. The molecule has 1 aromatic carbocycles. The van der Waals surface area contributed by atoms with E-state index in [2.05, 4.69) is 43.5 Å². The fraction of sp³-hybridized carbons (Fsp3) is 0.474. The molecule has 2 heterocycles. The predicted octanol–water partition coefficient (Wildman–Crippen LogP) is 2.26. The number of hydrogen-bond donors (Lipinski definition) is 2. The fourth-order valence-corrected chi connectivity index (χ4v) is 4.05. The Balaban J connectivity index is 2.05. The van der Waals surface area contributed by atoms with Gasteiger partial charge in [0, 0.05) is 18.8 Å². The van der Waals surface area contributed by atoms with Crippen molar-refractivity contribution in [1.82, 2.24) is 15.5 Å². The fourth-order valence-electron chi connectivity index (χ4n) is 3.78. The zero-order valence-corrected chi connectivity index (χ0v) is 16.0. The van der Waals surface area contributed by atoms with Crippen LogP contribution in [-0.4, -0.2) is 42.2 Å². The minimum atomic E-state index is -0.232. The Hall–Kier alpha value is -1.92. The molecule has 0 aliphatic carbocycles. The van der Waals surface area contributed by atoms with Gasteiger partial charge in [-0.15, -0.1) is 0 Å². The van der Waals surface area contributed by atoms with Crippen LogP contribution < -0.4 is 10.6 Å². The molecule has 0 unspecified atom stereocenters. The van der Waals surface area contributed by atoms with Crippen molar-refractivity contribution in [3.8, 4) is 0 Å². The monoisotopic (exact) mass is 359 g/mol. The first-order valence-corrected chi connectivity index (χ1v) is 9.02. The molecule has 0 aromatic heterocycles. The van der Waals surface area contributed by atoms with Crippen LogP contribution in [0.4, 0.5) is 0 Å². The van der Waals surface area contributed by atoms with E-state index in [0.29, 0.717) is 31.4 Å². The van der Waals surface area contributed by atoms with Crippen molar-refractivity contribution >= 4 is 23.2 Å². The number of amides is 1. The molecule has 0 spiro atoms. The van der Waals surface area contributed by atoms with Crippen LogP contribution in [0.2, 0.25) is 0 Å². The molecule has 0 bridgehead atoms. The summed E-state index contributed by atoms with van der Waals surface area (Å²) in [6.07, 6.45) is 0. The molecule has 1 amide bonds. The normalized spacial score (nSPS) is 21.0. The summed E-state index contributed by atoms with van der Waals surface area (Å²) < 4.78 is 5.38. The van der Waals surface area contributed by atoms with Crippen LogP contribution in [0.1, 0.15) is 35.2 Å². The van der Waals surface area contributed by atoms with Crippen LogP contribution in [0, 0.1) is 20.8 Å². The van der Waals surface area contributed by atoms with Crippen LogP contribution in [0.25, 0.3) is 0 Å². The highest BCUT2D eigenvalue weighted by molar-refractivity contribution is 7.80. The first-order valence-electron chi connectivity index (χ1n) is 8.61. The summed E-state index contributed by atoms with van der Waals surface area (Å²) in [4.78, 5) is 15.1. The van der Waals surface area contributed by atoms with Crippen LogP contribution in [0.3, 0.4) is 0 Å². The van der Waals surface area contributed by atoms with E-state index in [1.54, 1.807) is 0 Å². The van der Waals surface area contributed by atoms with Crippen LogP contribution >= 0.6 is 12.2 Å². The molecule has 1 fully saturated rings. The molecule has 2 aliphatic heterocycles. The lowest BCUT2D eigenvalue weighted by Crippen LogP contribution is -2.49. The van der Waals surface area contributed by atoms with Gasteiger partial charge in [-0.2, -0.15) is 0 Å². The number of rotatable bonds is 2. The summed E-state index contributed by atoms with van der Waals surface area (Å²) in [5.74, 6) is 0.0488. The summed E-state index contributed by atoms with van der Waals surface area (Å²) >= 11 is 5.37. The van der Waals surface area contributed by atoms with Gasteiger partial charge in [0.1, 0.15) is 0 Å². The van der Waals surface area contributed by atoms with Gasteiger partial charge in [0.2, 0.25) is 0 Å². The van der Waals surface area contributed by atoms with E-state index >= 15 is 0 Å². The lowest BCUT2D eigenvalue weighted by Gasteiger charge is -2.36. The van der Waals surface area contributed by atoms with E-state index in [0.717, 1.165) is 16.8 Å². The van der Waals surface area contributed by atoms with Crippen molar-refractivity contribution in [3.05, 3.63) is 45.7 Å². The Labute approximate surface area is 154 Å². The second-order valence-corrected chi connectivity index (χ2v) is 7.20. The molecule has 2 aliphatic rings. The summed E-state index contributed by atoms with van der Waals surface area (Å²) in [6.45, 7) is 10.6. The Morgan fingerprint density at radius 1 is 1.16 bits per heavy atom. The largest absolute Gasteiger partial charge is 0.378 e. The van der Waals surface area contributed by atoms with E-state index in [1.165, 1.54) is 16.7 Å². The Morgan fingerprint density at radius 2 is 1.76 bits per heavy atom. The van der Waals surface area contributed by atoms with Gasteiger partial charge < -0.3 is 20.3 Å². The van der Waals surface area contributed by atoms with Crippen LogP contribution in [0.5, 0.6) is 0 Å². The van der Waals surface area contributed by atoms with Crippen molar-refractivity contribution in [3.63, 3.8) is 0 Å². The van der Waals surface area contributed by atoms with Crippen molar-refractivity contribution in [1.29, 1.82) is 0 Å². The maximum absolute atomic E-state index is 13.2. The van der Waals surface area contributed by atoms with Gasteiger partial charge >= 0.3 is 0 Å². The molecule has 0 saturated carbocycles. The molecular formula is C19H25N3O2S. The maximum atomic E-state index is 13.2. The third-order valence-electron chi connectivity index (χ3n) is 4.82. The topological polar surface area (TPSA) is 53.6 Å². The number of nitrogens with one attached hydrogen (secondary N) is 2. The van der Waals surface area contributed by atoms with Crippen molar-refractivity contribution in [2.45, 2.75) is 33.7 Å². The van der Waals surface area contributed by atoms with E-state index < -0.39 is 0 Å². The van der Waals surface area contributed by atoms with Gasteiger partial charge in [-0.25, -0.2) is 0 Å². The molecule has 134 valence electrons. The highest BCUT2D eigenvalue weighted by Crippen LogP contribution is 2.33. The Morgan fingerprint density at radius 3 is 2.36 bits per heavy atom. The molecule has 1 atom stereocenters. The second-order valence-electron chi connectivity index (χ2n) is 6.79. The third kappa shape index (κ3) is 3.55. The quantitative estimate of drug-likeness (QED) is 0.794. The Kier molecular flexibility index (Phi) is 5.11. The number of nitrogens with zero attached hydrogens (tertiary/aromatic N) is 1. The molecule has 5 nitrogen and oxygen atoms in total. The van der Waals surface area contributed by atoms with Gasteiger partial charge in [0.15, 0.2) is 5.11 Å². The second kappa shape index (κ2) is 7.14. The van der Waals surface area contributed by atoms with Crippen molar-refractivity contribution in [2.75, 3.05) is 26.3 Å². The van der Waals surface area contributed by atoms with E-state index in [9.17, 15) is 4.79 Å². The highest BCUT2D eigenvalue weighted by atomic mass is 32.1. The zero-order chi connectivity index (χ0) is 18.1. The SMILES string of the molecule is CC1=C(C(=O)N2CCOCC2)[C@H](c2c(C)cc(C)cc2C)NC(=S)N1.